The van der Waals surface area contributed by atoms with Gasteiger partial charge in [-0.2, -0.15) is 5.10 Å². The lowest BCUT2D eigenvalue weighted by Gasteiger charge is -2.28. The Bertz CT molecular complexity index is 674. The Morgan fingerprint density at radius 1 is 1.32 bits per heavy atom. The van der Waals surface area contributed by atoms with Gasteiger partial charge in [0.2, 0.25) is 5.91 Å². The molecular formula is C18H24BrF2N3O. The van der Waals surface area contributed by atoms with Crippen LogP contribution in [-0.2, 0) is 11.3 Å². The number of aromatic nitrogens is 2. The van der Waals surface area contributed by atoms with Gasteiger partial charge in [0.1, 0.15) is 12.2 Å². The van der Waals surface area contributed by atoms with Gasteiger partial charge in [-0.3, -0.25) is 9.48 Å². The lowest BCUT2D eigenvalue weighted by atomic mass is 9.84. The summed E-state index contributed by atoms with van der Waals surface area (Å²) in [5.41, 5.74) is 0.494. The Morgan fingerprint density at radius 3 is 2.64 bits per heavy atom. The average molecular weight is 416 g/mol. The van der Waals surface area contributed by atoms with E-state index in [1.165, 1.54) is 30.4 Å². The van der Waals surface area contributed by atoms with Gasteiger partial charge in [-0.05, 0) is 72.7 Å². The number of fused-ring (bicyclic) bond motifs is 2. The number of amides is 1. The first kappa shape index (κ1) is 17.4. The van der Waals surface area contributed by atoms with Crippen LogP contribution >= 0.6 is 15.9 Å². The smallest absolute Gasteiger partial charge is 0.283 e. The number of carbonyl (C=O) groups is 1. The molecule has 3 fully saturated rings. The summed E-state index contributed by atoms with van der Waals surface area (Å²) in [6, 6.07) is 0.140. The Balaban J connectivity index is 1.43. The van der Waals surface area contributed by atoms with E-state index in [-0.39, 0.29) is 30.1 Å². The van der Waals surface area contributed by atoms with Crippen molar-refractivity contribution in [2.24, 2.45) is 17.8 Å². The lowest BCUT2D eigenvalue weighted by Crippen LogP contribution is -2.41. The van der Waals surface area contributed by atoms with Gasteiger partial charge in [0.15, 0.2) is 0 Å². The summed E-state index contributed by atoms with van der Waals surface area (Å²) in [5.74, 6) is 2.25. The maximum Gasteiger partial charge on any atom is 0.283 e. The Morgan fingerprint density at radius 2 is 2.08 bits per heavy atom. The standard InChI is InChI=1S/C18H24BrF2N3O/c1-9(13-7-10-2-3-12(13)6-10)22-14(25)8-24-17(11-4-5-11)15(19)16(23-24)18(20)21/h9-13,18H,2-8H2,1H3,(H,22,25)/t9-,10-,12-,13-/m0/s1. The minimum absolute atomic E-state index is 0.0162. The van der Waals surface area contributed by atoms with Crippen molar-refractivity contribution in [3.63, 3.8) is 0 Å². The highest BCUT2D eigenvalue weighted by Gasteiger charge is 2.42. The largest absolute Gasteiger partial charge is 0.352 e. The highest BCUT2D eigenvalue weighted by atomic mass is 79.9. The van der Waals surface area contributed by atoms with E-state index in [0.717, 1.165) is 30.4 Å². The Kier molecular flexibility index (Phi) is 4.63. The molecule has 7 heteroatoms. The number of nitrogens with zero attached hydrogens (tertiary/aromatic N) is 2. The summed E-state index contributed by atoms with van der Waals surface area (Å²) in [4.78, 5) is 12.5. The fourth-order valence-corrected chi connectivity index (χ4v) is 5.71. The summed E-state index contributed by atoms with van der Waals surface area (Å²) in [7, 11) is 0. The third-order valence-corrected chi connectivity index (χ3v) is 7.06. The molecule has 0 aromatic carbocycles. The van der Waals surface area contributed by atoms with Gasteiger partial charge >= 0.3 is 0 Å². The van der Waals surface area contributed by atoms with Gasteiger partial charge in [-0.15, -0.1) is 0 Å². The molecule has 2 bridgehead atoms. The number of carbonyl (C=O) groups excluding carboxylic acids is 1. The van der Waals surface area contributed by atoms with Crippen molar-refractivity contribution >= 4 is 21.8 Å². The van der Waals surface area contributed by atoms with Gasteiger partial charge in [-0.1, -0.05) is 6.42 Å². The zero-order chi connectivity index (χ0) is 17.7. The molecule has 25 heavy (non-hydrogen) atoms. The van der Waals surface area contributed by atoms with E-state index in [9.17, 15) is 13.6 Å². The lowest BCUT2D eigenvalue weighted by molar-refractivity contribution is -0.123. The maximum atomic E-state index is 13.1. The summed E-state index contributed by atoms with van der Waals surface area (Å²) < 4.78 is 28.1. The molecule has 0 unspecified atom stereocenters. The zero-order valence-corrected chi connectivity index (χ0v) is 15.9. The molecule has 0 saturated heterocycles. The van der Waals surface area contributed by atoms with Gasteiger partial charge in [0.05, 0.1) is 10.2 Å². The van der Waals surface area contributed by atoms with Crippen LogP contribution in [0.3, 0.4) is 0 Å². The molecule has 138 valence electrons. The number of halogens is 3. The first-order valence-corrected chi connectivity index (χ1v) is 10.1. The Labute approximate surface area is 154 Å². The van der Waals surface area contributed by atoms with Crippen LogP contribution in [0.1, 0.15) is 69.2 Å². The zero-order valence-electron chi connectivity index (χ0n) is 14.4. The second-order valence-corrected chi connectivity index (χ2v) is 8.80. The third-order valence-electron chi connectivity index (χ3n) is 6.24. The number of rotatable bonds is 6. The van der Waals surface area contributed by atoms with Crippen LogP contribution in [0.15, 0.2) is 4.47 Å². The van der Waals surface area contributed by atoms with E-state index < -0.39 is 6.43 Å². The van der Waals surface area contributed by atoms with Crippen molar-refractivity contribution in [3.05, 3.63) is 15.9 Å². The molecule has 0 aliphatic heterocycles. The predicted octanol–water partition coefficient (Wildman–Crippen LogP) is 4.40. The fraction of sp³-hybridized carbons (Fsp3) is 0.778. The predicted molar refractivity (Wildman–Crippen MR) is 93.4 cm³/mol. The molecule has 3 aliphatic rings. The molecule has 1 heterocycles. The van der Waals surface area contributed by atoms with E-state index in [1.807, 2.05) is 0 Å². The van der Waals surface area contributed by atoms with E-state index >= 15 is 0 Å². The molecule has 4 nitrogen and oxygen atoms in total. The van der Waals surface area contributed by atoms with Crippen molar-refractivity contribution in [1.29, 1.82) is 0 Å². The van der Waals surface area contributed by atoms with Crippen molar-refractivity contribution < 1.29 is 13.6 Å². The highest BCUT2D eigenvalue weighted by molar-refractivity contribution is 9.10. The number of hydrogen-bond acceptors (Lipinski definition) is 2. The van der Waals surface area contributed by atoms with Crippen molar-refractivity contribution in [3.8, 4) is 0 Å². The van der Waals surface area contributed by atoms with Crippen LogP contribution in [0.5, 0.6) is 0 Å². The molecule has 4 atom stereocenters. The van der Waals surface area contributed by atoms with Gasteiger partial charge in [-0.25, -0.2) is 8.78 Å². The molecule has 1 N–H and O–H groups in total. The highest BCUT2D eigenvalue weighted by Crippen LogP contribution is 2.49. The summed E-state index contributed by atoms with van der Waals surface area (Å²) >= 11 is 3.26. The van der Waals surface area contributed by atoms with Crippen molar-refractivity contribution in [1.82, 2.24) is 15.1 Å². The molecule has 4 rings (SSSR count). The monoisotopic (exact) mass is 415 g/mol. The van der Waals surface area contributed by atoms with Crippen LogP contribution < -0.4 is 5.32 Å². The van der Waals surface area contributed by atoms with E-state index in [2.05, 4.69) is 33.3 Å². The van der Waals surface area contributed by atoms with Gasteiger partial charge < -0.3 is 5.32 Å². The van der Waals surface area contributed by atoms with E-state index in [4.69, 9.17) is 0 Å². The molecule has 3 saturated carbocycles. The van der Waals surface area contributed by atoms with Gasteiger partial charge in [0.25, 0.3) is 6.43 Å². The first-order chi connectivity index (χ1) is 11.9. The van der Waals surface area contributed by atoms with Crippen molar-refractivity contribution in [2.45, 2.75) is 70.4 Å². The number of nitrogens with one attached hydrogen (secondary N) is 1. The average Bonchev–Trinajstić information content (AvgIpc) is 3.02. The third kappa shape index (κ3) is 3.36. The first-order valence-electron chi connectivity index (χ1n) is 9.27. The van der Waals surface area contributed by atoms with E-state index in [1.54, 1.807) is 0 Å². The summed E-state index contributed by atoms with van der Waals surface area (Å²) in [5, 5.41) is 7.11. The van der Waals surface area contributed by atoms with Crippen LogP contribution in [0.2, 0.25) is 0 Å². The maximum absolute atomic E-state index is 13.1. The normalized spacial score (nSPS) is 29.4. The minimum atomic E-state index is -2.64. The molecule has 0 spiro atoms. The second-order valence-electron chi connectivity index (χ2n) is 8.01. The molecule has 1 amide bonds. The second kappa shape index (κ2) is 6.63. The van der Waals surface area contributed by atoms with Crippen LogP contribution in [0, 0.1) is 17.8 Å². The molecule has 1 aromatic heterocycles. The van der Waals surface area contributed by atoms with Gasteiger partial charge in [0, 0.05) is 12.0 Å². The van der Waals surface area contributed by atoms with Crippen LogP contribution in [0.25, 0.3) is 0 Å². The van der Waals surface area contributed by atoms with Crippen molar-refractivity contribution in [2.75, 3.05) is 0 Å². The quantitative estimate of drug-likeness (QED) is 0.747. The minimum Gasteiger partial charge on any atom is -0.352 e. The fourth-order valence-electron chi connectivity index (χ4n) is 4.93. The molecule has 1 aromatic rings. The van der Waals surface area contributed by atoms with Crippen LogP contribution in [0.4, 0.5) is 8.78 Å². The Hall–Kier alpha value is -0.980. The SMILES string of the molecule is C[C@H](NC(=O)Cn1nc(C(F)F)c(Br)c1C1CC1)[C@@H]1C[C@H]2CC[C@H]1C2. The van der Waals surface area contributed by atoms with Crippen LogP contribution in [-0.4, -0.2) is 21.7 Å². The molecular weight excluding hydrogens is 392 g/mol. The topological polar surface area (TPSA) is 46.9 Å². The number of alkyl halides is 2. The molecule has 0 radical (unpaired) electrons. The van der Waals surface area contributed by atoms with E-state index in [0.29, 0.717) is 10.4 Å². The summed E-state index contributed by atoms with van der Waals surface area (Å²) in [6.45, 7) is 2.09. The molecule has 3 aliphatic carbocycles. The number of hydrogen-bond donors (Lipinski definition) is 1. The summed E-state index contributed by atoms with van der Waals surface area (Å²) in [6.07, 6.45) is 4.44.